The molecule has 2 aliphatic rings. The third kappa shape index (κ3) is 4.50. The zero-order valence-corrected chi connectivity index (χ0v) is 15.5. The van der Waals surface area contributed by atoms with Gasteiger partial charge < -0.3 is 15.0 Å². The van der Waals surface area contributed by atoms with Crippen molar-refractivity contribution in [3.05, 3.63) is 30.1 Å². The number of amides is 2. The number of hydrogen-bond acceptors (Lipinski definition) is 4. The number of ether oxygens (including phenoxy) is 1. The number of nitrogens with one attached hydrogen (secondary N) is 1. The molecule has 1 aromatic heterocycles. The van der Waals surface area contributed by atoms with Gasteiger partial charge in [-0.25, -0.2) is 4.79 Å². The van der Waals surface area contributed by atoms with Gasteiger partial charge in [0.2, 0.25) is 0 Å². The Hall–Kier alpha value is -1.66. The first-order valence-corrected chi connectivity index (χ1v) is 9.21. The van der Waals surface area contributed by atoms with Crippen LogP contribution in [0.2, 0.25) is 0 Å². The van der Waals surface area contributed by atoms with E-state index in [4.69, 9.17) is 4.74 Å². The van der Waals surface area contributed by atoms with Gasteiger partial charge in [-0.05, 0) is 56.3 Å². The Balaban J connectivity index is 1.59. The summed E-state index contributed by atoms with van der Waals surface area (Å²) in [5.74, 6) is 1.00. The first-order chi connectivity index (χ1) is 12.1. The number of likely N-dealkylation sites (tertiary alicyclic amines) is 1. The number of pyridine rings is 1. The van der Waals surface area contributed by atoms with Crippen molar-refractivity contribution in [2.45, 2.75) is 31.3 Å². The molecular weight excluding hydrogens is 316 g/mol. The summed E-state index contributed by atoms with van der Waals surface area (Å²) in [4.78, 5) is 21.1. The normalized spacial score (nSPS) is 24.9. The summed E-state index contributed by atoms with van der Waals surface area (Å²) < 4.78 is 5.26. The third-order valence-electron chi connectivity index (χ3n) is 5.50. The average Bonchev–Trinajstić information content (AvgIpc) is 3.39. The van der Waals surface area contributed by atoms with Gasteiger partial charge in [-0.15, -0.1) is 0 Å². The first-order valence-electron chi connectivity index (χ1n) is 9.21. The summed E-state index contributed by atoms with van der Waals surface area (Å²) in [7, 11) is 5.74. The van der Waals surface area contributed by atoms with Crippen molar-refractivity contribution in [1.82, 2.24) is 20.1 Å². The van der Waals surface area contributed by atoms with Gasteiger partial charge in [-0.3, -0.25) is 9.88 Å². The number of aromatic nitrogens is 1. The van der Waals surface area contributed by atoms with Crippen molar-refractivity contribution in [3.63, 3.8) is 0 Å². The smallest absolute Gasteiger partial charge is 0.317 e. The maximum Gasteiger partial charge on any atom is 0.317 e. The molecule has 0 aromatic carbocycles. The number of nitrogens with zero attached hydrogens (tertiary/aromatic N) is 3. The Bertz CT molecular complexity index is 564. The van der Waals surface area contributed by atoms with Crippen LogP contribution in [-0.2, 0) is 4.74 Å². The van der Waals surface area contributed by atoms with Crippen molar-refractivity contribution in [1.29, 1.82) is 0 Å². The van der Waals surface area contributed by atoms with Crippen LogP contribution in [0.5, 0.6) is 0 Å². The largest absolute Gasteiger partial charge is 0.383 e. The van der Waals surface area contributed by atoms with Crippen molar-refractivity contribution < 1.29 is 9.53 Å². The second-order valence-corrected chi connectivity index (χ2v) is 7.49. The van der Waals surface area contributed by atoms with Crippen molar-refractivity contribution in [3.8, 4) is 0 Å². The van der Waals surface area contributed by atoms with Crippen LogP contribution >= 0.6 is 0 Å². The van der Waals surface area contributed by atoms with E-state index in [9.17, 15) is 4.79 Å². The van der Waals surface area contributed by atoms with E-state index in [0.717, 1.165) is 19.5 Å². The van der Waals surface area contributed by atoms with Crippen LogP contribution in [0.15, 0.2) is 24.5 Å². The summed E-state index contributed by atoms with van der Waals surface area (Å²) in [6.07, 6.45) is 7.23. The van der Waals surface area contributed by atoms with E-state index >= 15 is 0 Å². The minimum Gasteiger partial charge on any atom is -0.383 e. The van der Waals surface area contributed by atoms with Crippen LogP contribution in [0.4, 0.5) is 4.79 Å². The molecule has 3 rings (SSSR count). The van der Waals surface area contributed by atoms with Crippen LogP contribution in [-0.4, -0.2) is 67.8 Å². The van der Waals surface area contributed by atoms with Crippen LogP contribution in [0.1, 0.15) is 30.9 Å². The number of hydrogen-bond donors (Lipinski definition) is 1. The molecule has 0 radical (unpaired) electrons. The van der Waals surface area contributed by atoms with Crippen molar-refractivity contribution in [2.75, 3.05) is 40.9 Å². The second-order valence-electron chi connectivity index (χ2n) is 7.49. The van der Waals surface area contributed by atoms with E-state index in [1.807, 2.05) is 24.2 Å². The van der Waals surface area contributed by atoms with Gasteiger partial charge in [-0.2, -0.15) is 0 Å². The van der Waals surface area contributed by atoms with Crippen LogP contribution in [0.3, 0.4) is 0 Å². The second kappa shape index (κ2) is 8.15. The highest BCUT2D eigenvalue weighted by Crippen LogP contribution is 2.36. The maximum absolute atomic E-state index is 12.6. The van der Waals surface area contributed by atoms with E-state index in [2.05, 4.69) is 28.3 Å². The summed E-state index contributed by atoms with van der Waals surface area (Å²) in [5.41, 5.74) is 1.23. The molecule has 25 heavy (non-hydrogen) atoms. The molecule has 1 aliphatic carbocycles. The Labute approximate surface area is 150 Å². The predicted molar refractivity (Wildman–Crippen MR) is 97.3 cm³/mol. The summed E-state index contributed by atoms with van der Waals surface area (Å²) in [5, 5.41) is 3.16. The molecule has 1 N–H and O–H groups in total. The molecule has 2 fully saturated rings. The van der Waals surface area contributed by atoms with Gasteiger partial charge in [0.25, 0.3) is 0 Å². The van der Waals surface area contributed by atoms with Crippen molar-refractivity contribution in [2.24, 2.45) is 11.8 Å². The molecule has 1 saturated heterocycles. The fraction of sp³-hybridized carbons (Fsp3) is 0.684. The van der Waals surface area contributed by atoms with Gasteiger partial charge in [0, 0.05) is 39.1 Å². The summed E-state index contributed by atoms with van der Waals surface area (Å²) in [6, 6.07) is 4.59. The average molecular weight is 346 g/mol. The molecule has 2 amide bonds. The van der Waals surface area contributed by atoms with Crippen LogP contribution in [0.25, 0.3) is 0 Å². The number of rotatable bonds is 7. The van der Waals surface area contributed by atoms with E-state index in [1.165, 1.54) is 18.4 Å². The highest BCUT2D eigenvalue weighted by molar-refractivity contribution is 5.74. The molecule has 6 nitrogen and oxygen atoms in total. The topological polar surface area (TPSA) is 57.7 Å². The molecule has 0 bridgehead atoms. The molecule has 3 atom stereocenters. The Morgan fingerprint density at radius 3 is 2.92 bits per heavy atom. The van der Waals surface area contributed by atoms with Gasteiger partial charge in [0.05, 0.1) is 12.6 Å². The molecule has 138 valence electrons. The van der Waals surface area contributed by atoms with E-state index < -0.39 is 0 Å². The van der Waals surface area contributed by atoms with Gasteiger partial charge in [0.1, 0.15) is 0 Å². The van der Waals surface area contributed by atoms with Crippen molar-refractivity contribution >= 4 is 6.03 Å². The molecule has 6 heteroatoms. The molecular formula is C19H30N4O2. The Morgan fingerprint density at radius 2 is 2.28 bits per heavy atom. The standard InChI is InChI=1S/C19H30N4O2/c1-22-10-8-16(18(22)15-5-4-9-20-11-15)12-23(2)19(24)21-17(13-25-3)14-6-7-14/h4-5,9,11,14,16-18H,6-8,10,12-13H2,1-3H3,(H,21,24)/t16-,17+,18-/m0/s1. The molecule has 2 heterocycles. The number of carbonyl (C=O) groups excluding carboxylic acids is 1. The molecule has 1 saturated carbocycles. The predicted octanol–water partition coefficient (Wildman–Crippen LogP) is 2.14. The lowest BCUT2D eigenvalue weighted by molar-refractivity contribution is 0.146. The lowest BCUT2D eigenvalue weighted by Crippen LogP contribution is -2.47. The molecule has 0 spiro atoms. The summed E-state index contributed by atoms with van der Waals surface area (Å²) in [6.45, 7) is 2.39. The fourth-order valence-electron chi connectivity index (χ4n) is 3.97. The van der Waals surface area contributed by atoms with Gasteiger partial charge >= 0.3 is 6.03 Å². The Morgan fingerprint density at radius 1 is 1.48 bits per heavy atom. The number of methoxy groups -OCH3 is 1. The van der Waals surface area contributed by atoms with E-state index in [1.54, 1.807) is 13.3 Å². The minimum absolute atomic E-state index is 0.00781. The van der Waals surface area contributed by atoms with E-state index in [-0.39, 0.29) is 12.1 Å². The number of carbonyl (C=O) groups is 1. The first kappa shape index (κ1) is 18.1. The monoisotopic (exact) mass is 346 g/mol. The Kier molecular flexibility index (Phi) is 5.91. The van der Waals surface area contributed by atoms with Crippen LogP contribution < -0.4 is 5.32 Å². The third-order valence-corrected chi connectivity index (χ3v) is 5.50. The molecule has 1 aromatic rings. The molecule has 1 aliphatic heterocycles. The van der Waals surface area contributed by atoms with Gasteiger partial charge in [0.15, 0.2) is 0 Å². The quantitative estimate of drug-likeness (QED) is 0.822. The minimum atomic E-state index is 0.00781. The fourth-order valence-corrected chi connectivity index (χ4v) is 3.97. The van der Waals surface area contributed by atoms with Crippen LogP contribution in [0, 0.1) is 11.8 Å². The number of urea groups is 1. The SMILES string of the molecule is COC[C@@H](NC(=O)N(C)C[C@@H]1CCN(C)[C@H]1c1cccnc1)C1CC1. The zero-order valence-electron chi connectivity index (χ0n) is 15.5. The van der Waals surface area contributed by atoms with Gasteiger partial charge in [-0.1, -0.05) is 6.07 Å². The van der Waals surface area contributed by atoms with E-state index in [0.29, 0.717) is 24.5 Å². The lowest BCUT2D eigenvalue weighted by Gasteiger charge is -2.29. The molecule has 0 unspecified atom stereocenters. The zero-order chi connectivity index (χ0) is 17.8. The lowest BCUT2D eigenvalue weighted by atomic mass is 9.94. The maximum atomic E-state index is 12.6. The summed E-state index contributed by atoms with van der Waals surface area (Å²) >= 11 is 0. The highest BCUT2D eigenvalue weighted by atomic mass is 16.5. The highest BCUT2D eigenvalue weighted by Gasteiger charge is 2.36.